The number of ether oxygens (including phenoxy) is 1. The summed E-state index contributed by atoms with van der Waals surface area (Å²) >= 11 is 0. The Kier molecular flexibility index (Phi) is 6.63. The quantitative estimate of drug-likeness (QED) is 0.777. The van der Waals surface area contributed by atoms with Gasteiger partial charge in [-0.25, -0.2) is 8.42 Å². The van der Waals surface area contributed by atoms with Gasteiger partial charge in [0, 0.05) is 24.7 Å². The van der Waals surface area contributed by atoms with E-state index in [4.69, 9.17) is 4.74 Å². The third kappa shape index (κ3) is 5.45. The second-order valence-electron chi connectivity index (χ2n) is 6.61. The smallest absolute Gasteiger partial charge is 0.261 e. The fourth-order valence-electron chi connectivity index (χ4n) is 3.06. The maximum Gasteiger partial charge on any atom is 0.261 e. The molecule has 0 radical (unpaired) electrons. The van der Waals surface area contributed by atoms with Gasteiger partial charge in [0.25, 0.3) is 5.91 Å². The van der Waals surface area contributed by atoms with Crippen LogP contribution in [0, 0.1) is 0 Å². The molecule has 0 aliphatic carbocycles. The van der Waals surface area contributed by atoms with E-state index in [0.29, 0.717) is 17.9 Å². The number of sulfone groups is 1. The fourth-order valence-corrected chi connectivity index (χ4v) is 4.77. The van der Waals surface area contributed by atoms with Crippen molar-refractivity contribution in [3.8, 4) is 5.75 Å². The summed E-state index contributed by atoms with van der Waals surface area (Å²) in [4.78, 5) is 25.4. The van der Waals surface area contributed by atoms with Crippen LogP contribution in [0.3, 0.4) is 0 Å². The summed E-state index contributed by atoms with van der Waals surface area (Å²) in [5.74, 6) is 0.283. The molecular formula is C18H26N2O5S. The molecule has 1 aromatic rings. The lowest BCUT2D eigenvalue weighted by Crippen LogP contribution is -2.48. The zero-order valence-electron chi connectivity index (χ0n) is 15.4. The van der Waals surface area contributed by atoms with Crippen LogP contribution in [0.2, 0.25) is 0 Å². The number of benzene rings is 1. The largest absolute Gasteiger partial charge is 0.484 e. The topological polar surface area (TPSA) is 92.8 Å². The summed E-state index contributed by atoms with van der Waals surface area (Å²) in [6.45, 7) is 5.16. The van der Waals surface area contributed by atoms with Crippen molar-refractivity contribution in [3.05, 3.63) is 24.3 Å². The van der Waals surface area contributed by atoms with Crippen molar-refractivity contribution >= 4 is 27.3 Å². The second kappa shape index (κ2) is 8.53. The van der Waals surface area contributed by atoms with Gasteiger partial charge in [0.1, 0.15) is 5.75 Å². The van der Waals surface area contributed by atoms with E-state index >= 15 is 0 Å². The first-order valence-corrected chi connectivity index (χ1v) is 10.6. The summed E-state index contributed by atoms with van der Waals surface area (Å²) in [5.41, 5.74) is 0.647. The van der Waals surface area contributed by atoms with Crippen molar-refractivity contribution in [1.29, 1.82) is 0 Å². The molecule has 0 spiro atoms. The molecule has 2 amide bonds. The van der Waals surface area contributed by atoms with Crippen LogP contribution in [0.15, 0.2) is 24.3 Å². The first kappa shape index (κ1) is 20.2. The minimum atomic E-state index is -3.07. The molecule has 26 heavy (non-hydrogen) atoms. The van der Waals surface area contributed by atoms with Gasteiger partial charge < -0.3 is 15.0 Å². The molecule has 7 nitrogen and oxygen atoms in total. The maximum absolute atomic E-state index is 12.7. The van der Waals surface area contributed by atoms with Gasteiger partial charge in [-0.15, -0.1) is 0 Å². The van der Waals surface area contributed by atoms with E-state index in [9.17, 15) is 18.0 Å². The maximum atomic E-state index is 12.7. The minimum absolute atomic E-state index is 0.0223. The predicted molar refractivity (Wildman–Crippen MR) is 99.9 cm³/mol. The van der Waals surface area contributed by atoms with Gasteiger partial charge in [-0.3, -0.25) is 9.59 Å². The van der Waals surface area contributed by atoms with Crippen LogP contribution in [-0.4, -0.2) is 55.3 Å². The van der Waals surface area contributed by atoms with Crippen molar-refractivity contribution in [2.45, 2.75) is 45.7 Å². The number of amides is 2. The molecule has 1 aromatic carbocycles. The van der Waals surface area contributed by atoms with Crippen LogP contribution in [0.1, 0.15) is 33.6 Å². The first-order valence-electron chi connectivity index (χ1n) is 8.74. The summed E-state index contributed by atoms with van der Waals surface area (Å²) < 4.78 is 29.1. The number of carbonyl (C=O) groups excluding carboxylic acids is 2. The van der Waals surface area contributed by atoms with Gasteiger partial charge in [-0.05, 0) is 44.0 Å². The average Bonchev–Trinajstić information content (AvgIpc) is 2.93. The fraction of sp³-hybridized carbons (Fsp3) is 0.556. The molecular weight excluding hydrogens is 356 g/mol. The molecule has 1 N–H and O–H groups in total. The molecule has 0 unspecified atom stereocenters. The van der Waals surface area contributed by atoms with E-state index in [1.807, 2.05) is 13.8 Å². The molecule has 8 heteroatoms. The predicted octanol–water partition coefficient (Wildman–Crippen LogP) is 1.84. The van der Waals surface area contributed by atoms with Crippen molar-refractivity contribution < 1.29 is 22.7 Å². The van der Waals surface area contributed by atoms with E-state index in [0.717, 1.165) is 6.42 Å². The number of nitrogens with zero attached hydrogens (tertiary/aromatic N) is 1. The number of hydrogen-bond acceptors (Lipinski definition) is 5. The molecule has 1 aliphatic rings. The lowest BCUT2D eigenvalue weighted by Gasteiger charge is -2.33. The number of hydrogen-bond donors (Lipinski definition) is 1. The van der Waals surface area contributed by atoms with Crippen LogP contribution in [0.5, 0.6) is 5.75 Å². The highest BCUT2D eigenvalue weighted by Gasteiger charge is 2.36. The normalized spacial score (nSPS) is 19.6. The zero-order valence-corrected chi connectivity index (χ0v) is 16.2. The summed E-state index contributed by atoms with van der Waals surface area (Å²) in [6, 6.07) is 6.40. The van der Waals surface area contributed by atoms with Gasteiger partial charge in [-0.2, -0.15) is 0 Å². The minimum Gasteiger partial charge on any atom is -0.484 e. The standard InChI is InChI=1S/C18H26N2O5S/c1-4-13(2)20(16-9-10-26(23,24)12-16)18(22)11-25-17-7-5-15(6-8-17)19-14(3)21/h5-8,13,16H,4,9-12H2,1-3H3,(H,19,21)/t13-,16+/m1/s1. The van der Waals surface area contributed by atoms with Gasteiger partial charge in [-0.1, -0.05) is 6.92 Å². The van der Waals surface area contributed by atoms with E-state index in [1.165, 1.54) is 6.92 Å². The third-order valence-corrected chi connectivity index (χ3v) is 6.24. The Hall–Kier alpha value is -2.09. The van der Waals surface area contributed by atoms with Gasteiger partial charge >= 0.3 is 0 Å². The zero-order chi connectivity index (χ0) is 19.3. The van der Waals surface area contributed by atoms with Crippen molar-refractivity contribution in [1.82, 2.24) is 4.90 Å². The molecule has 1 aliphatic heterocycles. The lowest BCUT2D eigenvalue weighted by atomic mass is 10.1. The third-order valence-electron chi connectivity index (χ3n) is 4.49. The Morgan fingerprint density at radius 1 is 1.31 bits per heavy atom. The monoisotopic (exact) mass is 382 g/mol. The van der Waals surface area contributed by atoms with Crippen LogP contribution in [0.25, 0.3) is 0 Å². The van der Waals surface area contributed by atoms with Crippen molar-refractivity contribution in [2.24, 2.45) is 0 Å². The second-order valence-corrected chi connectivity index (χ2v) is 8.84. The van der Waals surface area contributed by atoms with Gasteiger partial charge in [0.05, 0.1) is 11.5 Å². The SMILES string of the molecule is CC[C@@H](C)N(C(=O)COc1ccc(NC(C)=O)cc1)[C@H]1CCS(=O)(=O)C1. The Bertz CT molecular complexity index is 745. The van der Waals surface area contributed by atoms with Crippen LogP contribution >= 0.6 is 0 Å². The first-order chi connectivity index (χ1) is 12.2. The molecule has 1 fully saturated rings. The van der Waals surface area contributed by atoms with E-state index in [1.54, 1.807) is 29.2 Å². The molecule has 0 saturated carbocycles. The Balaban J connectivity index is 1.99. The van der Waals surface area contributed by atoms with Gasteiger partial charge in [0.2, 0.25) is 5.91 Å². The van der Waals surface area contributed by atoms with Crippen molar-refractivity contribution in [2.75, 3.05) is 23.4 Å². The van der Waals surface area contributed by atoms with Crippen molar-refractivity contribution in [3.63, 3.8) is 0 Å². The Morgan fingerprint density at radius 3 is 2.46 bits per heavy atom. The molecule has 1 saturated heterocycles. The number of rotatable bonds is 7. The van der Waals surface area contributed by atoms with Crippen LogP contribution in [0.4, 0.5) is 5.69 Å². The summed E-state index contributed by atoms with van der Waals surface area (Å²) in [6.07, 6.45) is 1.22. The van der Waals surface area contributed by atoms with E-state index in [-0.39, 0.29) is 42.0 Å². The van der Waals surface area contributed by atoms with E-state index in [2.05, 4.69) is 5.32 Å². The van der Waals surface area contributed by atoms with Gasteiger partial charge in [0.15, 0.2) is 16.4 Å². The van der Waals surface area contributed by atoms with E-state index < -0.39 is 9.84 Å². The Morgan fingerprint density at radius 2 is 1.96 bits per heavy atom. The molecule has 1 heterocycles. The number of anilines is 1. The summed E-state index contributed by atoms with van der Waals surface area (Å²) in [5, 5.41) is 2.66. The highest BCUT2D eigenvalue weighted by molar-refractivity contribution is 7.91. The molecule has 144 valence electrons. The molecule has 2 rings (SSSR count). The van der Waals surface area contributed by atoms with Crippen LogP contribution < -0.4 is 10.1 Å². The average molecular weight is 382 g/mol. The van der Waals surface area contributed by atoms with Crippen LogP contribution in [-0.2, 0) is 19.4 Å². The molecule has 0 bridgehead atoms. The summed E-state index contributed by atoms with van der Waals surface area (Å²) in [7, 11) is -3.07. The molecule has 0 aromatic heterocycles. The number of nitrogens with one attached hydrogen (secondary N) is 1. The highest BCUT2D eigenvalue weighted by atomic mass is 32.2. The highest BCUT2D eigenvalue weighted by Crippen LogP contribution is 2.22. The Labute approximate surface area is 154 Å². The molecule has 2 atom stereocenters. The lowest BCUT2D eigenvalue weighted by molar-refractivity contribution is -0.137. The number of carbonyl (C=O) groups is 2.